The Bertz CT molecular complexity index is 1020. The van der Waals surface area contributed by atoms with E-state index in [4.69, 9.17) is 27.9 Å². The van der Waals surface area contributed by atoms with Crippen molar-refractivity contribution >= 4 is 56.5 Å². The van der Waals surface area contributed by atoms with Gasteiger partial charge in [0.1, 0.15) is 22.7 Å². The number of anilines is 1. The molecule has 0 aliphatic carbocycles. The van der Waals surface area contributed by atoms with Gasteiger partial charge in [-0.3, -0.25) is 4.79 Å². The number of hydrogen-bond acceptors (Lipinski definition) is 6. The van der Waals surface area contributed by atoms with Gasteiger partial charge in [0.25, 0.3) is 5.91 Å². The van der Waals surface area contributed by atoms with Crippen molar-refractivity contribution in [2.24, 2.45) is 0 Å². The van der Waals surface area contributed by atoms with Gasteiger partial charge in [-0.25, -0.2) is 9.97 Å². The minimum absolute atomic E-state index is 0.0527. The van der Waals surface area contributed by atoms with Crippen LogP contribution in [0.4, 0.5) is 5.82 Å². The van der Waals surface area contributed by atoms with Crippen LogP contribution in [0.3, 0.4) is 0 Å². The zero-order chi connectivity index (χ0) is 19.7. The van der Waals surface area contributed by atoms with Gasteiger partial charge < -0.3 is 14.5 Å². The number of fused-ring (bicyclic) bond motifs is 1. The second-order valence-electron chi connectivity index (χ2n) is 6.50. The van der Waals surface area contributed by atoms with Gasteiger partial charge >= 0.3 is 0 Å². The second-order valence-corrected chi connectivity index (χ2v) is 8.58. The lowest BCUT2D eigenvalue weighted by Crippen LogP contribution is -2.50. The maximum absolute atomic E-state index is 12.5. The van der Waals surface area contributed by atoms with E-state index in [1.54, 1.807) is 40.8 Å². The van der Waals surface area contributed by atoms with Gasteiger partial charge in [0.05, 0.1) is 10.4 Å². The molecule has 1 aliphatic rings. The van der Waals surface area contributed by atoms with Crippen LogP contribution in [0.25, 0.3) is 10.2 Å². The number of halogens is 2. The van der Waals surface area contributed by atoms with E-state index in [0.29, 0.717) is 42.0 Å². The van der Waals surface area contributed by atoms with E-state index < -0.39 is 0 Å². The molecule has 1 saturated heterocycles. The summed E-state index contributed by atoms with van der Waals surface area (Å²) in [5.41, 5.74) is 0. The molecule has 3 heterocycles. The SMILES string of the molecule is Cc1cc2c(N3CCN(C(=O)COc4ccc(Cl)cc4Cl)CC3)ncnc2s1. The smallest absolute Gasteiger partial charge is 0.260 e. The zero-order valence-electron chi connectivity index (χ0n) is 15.2. The standard InChI is InChI=1S/C19H18Cl2N4O2S/c1-12-8-14-18(22-11-23-19(14)28-12)25-6-4-24(5-7-25)17(26)10-27-16-3-2-13(20)9-15(16)21/h2-3,8-9,11H,4-7,10H2,1H3. The van der Waals surface area contributed by atoms with Gasteiger partial charge in [-0.15, -0.1) is 11.3 Å². The van der Waals surface area contributed by atoms with E-state index in [-0.39, 0.29) is 12.5 Å². The number of amides is 1. The molecular formula is C19H18Cl2N4O2S. The van der Waals surface area contributed by atoms with E-state index in [1.165, 1.54) is 4.88 Å². The van der Waals surface area contributed by atoms with Crippen LogP contribution in [0.1, 0.15) is 4.88 Å². The molecule has 1 aliphatic heterocycles. The second kappa shape index (κ2) is 8.11. The summed E-state index contributed by atoms with van der Waals surface area (Å²) in [6, 6.07) is 7.06. The molecule has 3 aromatic rings. The molecular weight excluding hydrogens is 419 g/mol. The first-order valence-corrected chi connectivity index (χ1v) is 10.4. The molecule has 0 radical (unpaired) electrons. The van der Waals surface area contributed by atoms with Crippen molar-refractivity contribution in [2.45, 2.75) is 6.92 Å². The fourth-order valence-electron chi connectivity index (χ4n) is 3.21. The summed E-state index contributed by atoms with van der Waals surface area (Å²) >= 11 is 13.6. The molecule has 6 nitrogen and oxygen atoms in total. The summed E-state index contributed by atoms with van der Waals surface area (Å²) in [6.45, 7) is 4.68. The van der Waals surface area contributed by atoms with Crippen molar-refractivity contribution in [1.82, 2.24) is 14.9 Å². The Kier molecular flexibility index (Phi) is 5.57. The monoisotopic (exact) mass is 436 g/mol. The summed E-state index contributed by atoms with van der Waals surface area (Å²) < 4.78 is 5.56. The molecule has 0 atom stereocenters. The predicted molar refractivity (Wildman–Crippen MR) is 113 cm³/mol. The summed E-state index contributed by atoms with van der Waals surface area (Å²) in [7, 11) is 0. The molecule has 0 unspecified atom stereocenters. The number of benzene rings is 1. The number of ether oxygens (including phenoxy) is 1. The van der Waals surface area contributed by atoms with Crippen LogP contribution >= 0.6 is 34.5 Å². The third-order valence-electron chi connectivity index (χ3n) is 4.61. The van der Waals surface area contributed by atoms with Crippen molar-refractivity contribution in [3.05, 3.63) is 45.5 Å². The Hall–Kier alpha value is -2.09. The summed E-state index contributed by atoms with van der Waals surface area (Å²) in [5.74, 6) is 1.32. The third-order valence-corrected chi connectivity index (χ3v) is 6.10. The van der Waals surface area contributed by atoms with Crippen LogP contribution < -0.4 is 9.64 Å². The molecule has 28 heavy (non-hydrogen) atoms. The van der Waals surface area contributed by atoms with Gasteiger partial charge in [-0.1, -0.05) is 23.2 Å². The number of aromatic nitrogens is 2. The fourth-order valence-corrected chi connectivity index (χ4v) is 4.51. The lowest BCUT2D eigenvalue weighted by atomic mass is 10.2. The molecule has 2 aromatic heterocycles. The molecule has 0 spiro atoms. The van der Waals surface area contributed by atoms with Crippen LogP contribution in [-0.2, 0) is 4.79 Å². The quantitative estimate of drug-likeness (QED) is 0.617. The Balaban J connectivity index is 1.36. The number of hydrogen-bond donors (Lipinski definition) is 0. The molecule has 4 rings (SSSR count). The molecule has 1 fully saturated rings. The Morgan fingerprint density at radius 1 is 1.18 bits per heavy atom. The molecule has 0 N–H and O–H groups in total. The van der Waals surface area contributed by atoms with Gasteiger partial charge in [0.15, 0.2) is 6.61 Å². The van der Waals surface area contributed by atoms with Crippen LogP contribution in [0.15, 0.2) is 30.6 Å². The first-order valence-electron chi connectivity index (χ1n) is 8.83. The lowest BCUT2D eigenvalue weighted by Gasteiger charge is -2.35. The van der Waals surface area contributed by atoms with E-state index >= 15 is 0 Å². The summed E-state index contributed by atoms with van der Waals surface area (Å²) in [5, 5.41) is 1.99. The van der Waals surface area contributed by atoms with Crippen molar-refractivity contribution in [3.63, 3.8) is 0 Å². The molecule has 0 saturated carbocycles. The van der Waals surface area contributed by atoms with Crippen LogP contribution in [0, 0.1) is 6.92 Å². The van der Waals surface area contributed by atoms with Crippen molar-refractivity contribution in [2.75, 3.05) is 37.7 Å². The minimum atomic E-state index is -0.0649. The molecule has 0 bridgehead atoms. The van der Waals surface area contributed by atoms with Crippen LogP contribution in [-0.4, -0.2) is 53.6 Å². The Morgan fingerprint density at radius 2 is 1.96 bits per heavy atom. The number of aryl methyl sites for hydroxylation is 1. The topological polar surface area (TPSA) is 58.6 Å². The zero-order valence-corrected chi connectivity index (χ0v) is 17.5. The molecule has 1 amide bonds. The number of carbonyl (C=O) groups excluding carboxylic acids is 1. The largest absolute Gasteiger partial charge is 0.482 e. The predicted octanol–water partition coefficient (Wildman–Crippen LogP) is 4.03. The highest BCUT2D eigenvalue weighted by Crippen LogP contribution is 2.30. The highest BCUT2D eigenvalue weighted by molar-refractivity contribution is 7.18. The highest BCUT2D eigenvalue weighted by Gasteiger charge is 2.24. The normalized spacial score (nSPS) is 14.5. The van der Waals surface area contributed by atoms with Crippen molar-refractivity contribution in [3.8, 4) is 5.75 Å². The first-order chi connectivity index (χ1) is 13.5. The average Bonchev–Trinajstić information content (AvgIpc) is 3.07. The van der Waals surface area contributed by atoms with Gasteiger partial charge in [-0.05, 0) is 31.2 Å². The summed E-state index contributed by atoms with van der Waals surface area (Å²) in [4.78, 5) is 27.5. The number of thiophene rings is 1. The molecule has 146 valence electrons. The highest BCUT2D eigenvalue weighted by atomic mass is 35.5. The van der Waals surface area contributed by atoms with Crippen molar-refractivity contribution < 1.29 is 9.53 Å². The third kappa shape index (κ3) is 4.01. The maximum Gasteiger partial charge on any atom is 0.260 e. The molecule has 9 heteroatoms. The van der Waals surface area contributed by atoms with Gasteiger partial charge in [0.2, 0.25) is 0 Å². The average molecular weight is 437 g/mol. The summed E-state index contributed by atoms with van der Waals surface area (Å²) in [6.07, 6.45) is 1.61. The van der Waals surface area contributed by atoms with Crippen LogP contribution in [0.2, 0.25) is 10.0 Å². The van der Waals surface area contributed by atoms with Gasteiger partial charge in [-0.2, -0.15) is 0 Å². The number of carbonyl (C=O) groups is 1. The minimum Gasteiger partial charge on any atom is -0.482 e. The Labute approximate surface area is 176 Å². The molecule has 1 aromatic carbocycles. The number of rotatable bonds is 4. The maximum atomic E-state index is 12.5. The van der Waals surface area contributed by atoms with Crippen molar-refractivity contribution in [1.29, 1.82) is 0 Å². The lowest BCUT2D eigenvalue weighted by molar-refractivity contribution is -0.133. The van der Waals surface area contributed by atoms with E-state index in [0.717, 1.165) is 16.0 Å². The number of nitrogens with zero attached hydrogens (tertiary/aromatic N) is 4. The number of piperazine rings is 1. The van der Waals surface area contributed by atoms with E-state index in [9.17, 15) is 4.79 Å². The fraction of sp³-hybridized carbons (Fsp3) is 0.316. The van der Waals surface area contributed by atoms with Crippen LogP contribution in [0.5, 0.6) is 5.75 Å². The first kappa shape index (κ1) is 19.2. The van der Waals surface area contributed by atoms with Gasteiger partial charge in [0, 0.05) is 36.1 Å². The van der Waals surface area contributed by atoms with E-state index in [1.807, 2.05) is 0 Å². The van der Waals surface area contributed by atoms with E-state index in [2.05, 4.69) is 27.9 Å². The Morgan fingerprint density at radius 3 is 2.71 bits per heavy atom.